The summed E-state index contributed by atoms with van der Waals surface area (Å²) in [4.78, 5) is 29.3. The molecule has 0 spiro atoms. The van der Waals surface area contributed by atoms with Crippen LogP contribution in [0.3, 0.4) is 0 Å². The van der Waals surface area contributed by atoms with E-state index in [1.165, 1.54) is 30.6 Å². The molecule has 1 saturated heterocycles. The molecule has 1 aromatic heterocycles. The quantitative estimate of drug-likeness (QED) is 0.203. The molecule has 39 heavy (non-hydrogen) atoms. The lowest BCUT2D eigenvalue weighted by molar-refractivity contribution is 0.101. The third-order valence-electron chi connectivity index (χ3n) is 7.21. The van der Waals surface area contributed by atoms with E-state index in [2.05, 4.69) is 4.90 Å². The van der Waals surface area contributed by atoms with E-state index in [1.807, 2.05) is 54.6 Å². The molecular formula is C32H33NO5S. The minimum absolute atomic E-state index is 0.0123. The molecule has 0 bridgehead atoms. The monoisotopic (exact) mass is 543 g/mol. The number of methoxy groups -OCH3 is 2. The number of likely N-dealkylation sites (tertiary alicyclic amines) is 1. The minimum Gasteiger partial charge on any atom is -0.493 e. The normalized spacial score (nSPS) is 13.8. The predicted molar refractivity (Wildman–Crippen MR) is 156 cm³/mol. The van der Waals surface area contributed by atoms with Crippen molar-refractivity contribution in [3.05, 3.63) is 77.4 Å². The van der Waals surface area contributed by atoms with Crippen LogP contribution >= 0.6 is 11.3 Å². The van der Waals surface area contributed by atoms with Gasteiger partial charge in [0.25, 0.3) is 0 Å². The van der Waals surface area contributed by atoms with Gasteiger partial charge in [0.05, 0.1) is 14.2 Å². The maximum Gasteiger partial charge on any atom is 0.195 e. The van der Waals surface area contributed by atoms with E-state index in [4.69, 9.17) is 14.2 Å². The van der Waals surface area contributed by atoms with Gasteiger partial charge in [-0.1, -0.05) is 18.6 Å². The molecule has 1 aliphatic rings. The first-order valence-corrected chi connectivity index (χ1v) is 14.1. The Bertz CT molecular complexity index is 1480. The number of fused-ring (bicyclic) bond motifs is 1. The second kappa shape index (κ2) is 12.0. The minimum atomic E-state index is -0.0820. The van der Waals surface area contributed by atoms with Crippen LogP contribution in [0.5, 0.6) is 17.2 Å². The van der Waals surface area contributed by atoms with Gasteiger partial charge < -0.3 is 14.2 Å². The van der Waals surface area contributed by atoms with Crippen molar-refractivity contribution in [2.75, 3.05) is 40.5 Å². The van der Waals surface area contributed by atoms with Crippen LogP contribution in [0.25, 0.3) is 20.5 Å². The maximum atomic E-state index is 14.0. The molecule has 0 atom stereocenters. The van der Waals surface area contributed by atoms with E-state index in [9.17, 15) is 9.59 Å². The fourth-order valence-electron chi connectivity index (χ4n) is 5.04. The standard InChI is InChI=1S/C32H33NO5S/c1-21(34)23-9-13-26-29(20-23)39-32(24-10-14-27(36-2)28(19-24)37-3)30(26)31(35)22-7-11-25(12-8-22)38-18-17-33-15-5-4-6-16-33/h7-14,19-20H,4-6,15-18H2,1-3H3. The smallest absolute Gasteiger partial charge is 0.195 e. The van der Waals surface area contributed by atoms with Gasteiger partial charge in [0.1, 0.15) is 12.4 Å². The summed E-state index contributed by atoms with van der Waals surface area (Å²) in [6.07, 6.45) is 3.84. The van der Waals surface area contributed by atoms with Gasteiger partial charge in [-0.05, 0) is 86.9 Å². The van der Waals surface area contributed by atoms with Crippen molar-refractivity contribution in [2.45, 2.75) is 26.2 Å². The zero-order valence-electron chi connectivity index (χ0n) is 22.6. The number of carbonyl (C=O) groups excluding carboxylic acids is 2. The van der Waals surface area contributed by atoms with Gasteiger partial charge in [-0.3, -0.25) is 14.5 Å². The number of Topliss-reactive ketones (excluding diaryl/α,β-unsaturated/α-hetero) is 1. The lowest BCUT2D eigenvalue weighted by Gasteiger charge is -2.26. The van der Waals surface area contributed by atoms with Gasteiger partial charge in [-0.2, -0.15) is 0 Å². The van der Waals surface area contributed by atoms with E-state index in [1.54, 1.807) is 27.2 Å². The molecule has 1 aliphatic heterocycles. The van der Waals surface area contributed by atoms with Crippen molar-refractivity contribution in [3.8, 4) is 27.7 Å². The number of hydrogen-bond donors (Lipinski definition) is 0. The first-order chi connectivity index (χ1) is 19.0. The third-order valence-corrected chi connectivity index (χ3v) is 8.41. The number of hydrogen-bond acceptors (Lipinski definition) is 7. The van der Waals surface area contributed by atoms with Gasteiger partial charge in [0, 0.05) is 38.2 Å². The molecule has 4 aromatic rings. The topological polar surface area (TPSA) is 65.1 Å². The average Bonchev–Trinajstić information content (AvgIpc) is 3.36. The molecule has 6 nitrogen and oxygen atoms in total. The summed E-state index contributed by atoms with van der Waals surface area (Å²) < 4.78 is 17.8. The average molecular weight is 544 g/mol. The van der Waals surface area contributed by atoms with E-state index in [0.717, 1.165) is 45.9 Å². The molecule has 2 heterocycles. The summed E-state index contributed by atoms with van der Waals surface area (Å²) in [7, 11) is 3.18. The Labute approximate surface area is 233 Å². The van der Waals surface area contributed by atoms with Gasteiger partial charge in [0.15, 0.2) is 23.1 Å². The Morgan fingerprint density at radius 2 is 1.56 bits per heavy atom. The number of benzene rings is 3. The molecule has 1 fully saturated rings. The van der Waals surface area contributed by atoms with Crippen molar-refractivity contribution < 1.29 is 23.8 Å². The lowest BCUT2D eigenvalue weighted by Crippen LogP contribution is -2.33. The van der Waals surface area contributed by atoms with Gasteiger partial charge in [-0.25, -0.2) is 0 Å². The second-order valence-corrected chi connectivity index (χ2v) is 10.8. The fraction of sp³-hybridized carbons (Fsp3) is 0.312. The van der Waals surface area contributed by atoms with E-state index < -0.39 is 0 Å². The fourth-order valence-corrected chi connectivity index (χ4v) is 6.28. The summed E-state index contributed by atoms with van der Waals surface area (Å²) in [5, 5.41) is 0.821. The van der Waals surface area contributed by atoms with E-state index >= 15 is 0 Å². The highest BCUT2D eigenvalue weighted by atomic mass is 32.1. The van der Waals surface area contributed by atoms with Crippen LogP contribution < -0.4 is 14.2 Å². The van der Waals surface area contributed by atoms with E-state index in [-0.39, 0.29) is 11.6 Å². The number of thiophene rings is 1. The van der Waals surface area contributed by atoms with Crippen molar-refractivity contribution in [1.29, 1.82) is 0 Å². The molecule has 0 saturated carbocycles. The van der Waals surface area contributed by atoms with Crippen LogP contribution in [-0.4, -0.2) is 56.9 Å². The zero-order chi connectivity index (χ0) is 27.4. The number of rotatable bonds is 10. The van der Waals surface area contributed by atoms with Crippen LogP contribution in [0.4, 0.5) is 0 Å². The molecule has 5 rings (SSSR count). The molecule has 202 valence electrons. The molecular weight excluding hydrogens is 510 g/mol. The summed E-state index contributed by atoms with van der Waals surface area (Å²) >= 11 is 1.49. The van der Waals surface area contributed by atoms with Gasteiger partial charge in [-0.15, -0.1) is 11.3 Å². The number of carbonyl (C=O) groups is 2. The number of ether oxygens (including phenoxy) is 3. The highest BCUT2D eigenvalue weighted by molar-refractivity contribution is 7.22. The van der Waals surface area contributed by atoms with Crippen LogP contribution in [0.1, 0.15) is 52.5 Å². The number of ketones is 2. The van der Waals surface area contributed by atoms with Crippen molar-refractivity contribution >= 4 is 33.0 Å². The van der Waals surface area contributed by atoms with Crippen LogP contribution in [0.15, 0.2) is 60.7 Å². The number of nitrogens with zero attached hydrogens (tertiary/aromatic N) is 1. The predicted octanol–water partition coefficient (Wildman–Crippen LogP) is 6.88. The van der Waals surface area contributed by atoms with Crippen molar-refractivity contribution in [3.63, 3.8) is 0 Å². The third kappa shape index (κ3) is 5.84. The van der Waals surface area contributed by atoms with Crippen LogP contribution in [-0.2, 0) is 0 Å². The molecule has 0 radical (unpaired) electrons. The van der Waals surface area contributed by atoms with Crippen molar-refractivity contribution in [1.82, 2.24) is 4.90 Å². The number of piperidine rings is 1. The highest BCUT2D eigenvalue weighted by Gasteiger charge is 2.23. The van der Waals surface area contributed by atoms with Crippen molar-refractivity contribution in [2.24, 2.45) is 0 Å². The molecule has 0 N–H and O–H groups in total. The lowest BCUT2D eigenvalue weighted by atomic mass is 9.96. The largest absolute Gasteiger partial charge is 0.493 e. The Kier molecular flexibility index (Phi) is 8.29. The molecule has 0 unspecified atom stereocenters. The van der Waals surface area contributed by atoms with Gasteiger partial charge >= 0.3 is 0 Å². The SMILES string of the molecule is COc1ccc(-c2sc3cc(C(C)=O)ccc3c2C(=O)c2ccc(OCCN3CCCCC3)cc2)cc1OC. The summed E-state index contributed by atoms with van der Waals surface area (Å²) in [6, 6.07) is 18.5. The Morgan fingerprint density at radius 1 is 0.846 bits per heavy atom. The molecule has 0 amide bonds. The van der Waals surface area contributed by atoms with Gasteiger partial charge in [0.2, 0.25) is 0 Å². The maximum absolute atomic E-state index is 14.0. The molecule has 7 heteroatoms. The summed E-state index contributed by atoms with van der Waals surface area (Å²) in [6.45, 7) is 5.37. The summed E-state index contributed by atoms with van der Waals surface area (Å²) in [5.41, 5.74) is 2.65. The zero-order valence-corrected chi connectivity index (χ0v) is 23.4. The Balaban J connectivity index is 1.46. The first kappa shape index (κ1) is 26.9. The van der Waals surface area contributed by atoms with E-state index in [0.29, 0.717) is 34.8 Å². The Hall–Kier alpha value is -3.68. The second-order valence-electron chi connectivity index (χ2n) is 9.75. The molecule has 0 aliphatic carbocycles. The highest BCUT2D eigenvalue weighted by Crippen LogP contribution is 2.43. The van der Waals surface area contributed by atoms with Crippen LogP contribution in [0.2, 0.25) is 0 Å². The first-order valence-electron chi connectivity index (χ1n) is 13.3. The van der Waals surface area contributed by atoms with Crippen LogP contribution in [0, 0.1) is 0 Å². The molecule has 3 aromatic carbocycles. The summed E-state index contributed by atoms with van der Waals surface area (Å²) in [5.74, 6) is 1.86. The Morgan fingerprint density at radius 3 is 2.26 bits per heavy atom.